The molecule has 10 heavy (non-hydrogen) atoms. The largest absolute Gasteiger partial charge is 0.303 e. The van der Waals surface area contributed by atoms with Crippen LogP contribution in [0.25, 0.3) is 0 Å². The molecule has 0 saturated carbocycles. The molecule has 0 saturated heterocycles. The number of hydrogen-bond acceptors (Lipinski definition) is 1. The molecule has 0 bridgehead atoms. The zero-order valence-electron chi connectivity index (χ0n) is 6.42. The van der Waals surface area contributed by atoms with Crippen LogP contribution in [0.2, 0.25) is 0 Å². The number of rotatable bonds is 5. The Kier molecular flexibility index (Phi) is 4.55. The fraction of sp³-hybridized carbons (Fsp3) is 0.444. The summed E-state index contributed by atoms with van der Waals surface area (Å²) in [7, 11) is 0. The maximum atomic E-state index is 10.3. The van der Waals surface area contributed by atoms with Crippen molar-refractivity contribution in [1.29, 1.82) is 0 Å². The molecule has 0 aromatic heterocycles. The molecule has 0 aromatic rings. The summed E-state index contributed by atoms with van der Waals surface area (Å²) in [6.45, 7) is 9.22. The van der Waals surface area contributed by atoms with E-state index in [0.29, 0.717) is 5.92 Å². The van der Waals surface area contributed by atoms with Gasteiger partial charge in [0.25, 0.3) is 0 Å². The Balaban J connectivity index is 3.72. The first-order valence-electron chi connectivity index (χ1n) is 3.45. The van der Waals surface area contributed by atoms with Gasteiger partial charge in [-0.05, 0) is 12.3 Å². The molecule has 0 fully saturated rings. The van der Waals surface area contributed by atoms with Crippen LogP contribution in [-0.2, 0) is 4.79 Å². The van der Waals surface area contributed by atoms with Crippen molar-refractivity contribution in [2.75, 3.05) is 0 Å². The van der Waals surface area contributed by atoms with E-state index >= 15 is 0 Å². The maximum Gasteiger partial charge on any atom is 0.126 e. The minimum atomic E-state index is -0.00648. The summed E-state index contributed by atoms with van der Waals surface area (Å²) >= 11 is 0. The third kappa shape index (κ3) is 3.23. The molecule has 0 rings (SSSR count). The van der Waals surface area contributed by atoms with Gasteiger partial charge in [-0.1, -0.05) is 19.1 Å². The van der Waals surface area contributed by atoms with Crippen molar-refractivity contribution in [3.63, 3.8) is 0 Å². The predicted octanol–water partition coefficient (Wildman–Crippen LogP) is 2.20. The molecular formula is C9H14O. The number of carbonyl (C=O) groups is 1. The molecule has 0 aliphatic heterocycles. The Bertz CT molecular complexity index is 119. The first-order chi connectivity index (χ1) is 4.74. The second-order valence-corrected chi connectivity index (χ2v) is 2.48. The van der Waals surface area contributed by atoms with Gasteiger partial charge in [0.15, 0.2) is 0 Å². The highest BCUT2D eigenvalue weighted by Gasteiger charge is 2.04. The Hall–Kier alpha value is -0.850. The summed E-state index contributed by atoms with van der Waals surface area (Å²) in [4.78, 5) is 10.3. The van der Waals surface area contributed by atoms with Crippen molar-refractivity contribution in [1.82, 2.24) is 0 Å². The SMILES string of the molecule is C=CC(C)CC(C=C)C=O. The molecule has 2 atom stereocenters. The minimum absolute atomic E-state index is 0.00648. The third-order valence-corrected chi connectivity index (χ3v) is 1.52. The molecule has 0 amide bonds. The molecule has 0 aromatic carbocycles. The summed E-state index contributed by atoms with van der Waals surface area (Å²) < 4.78 is 0. The second kappa shape index (κ2) is 4.98. The van der Waals surface area contributed by atoms with Gasteiger partial charge >= 0.3 is 0 Å². The molecule has 1 heteroatoms. The molecule has 2 unspecified atom stereocenters. The van der Waals surface area contributed by atoms with E-state index in [4.69, 9.17) is 0 Å². The molecule has 56 valence electrons. The Labute approximate surface area is 62.4 Å². The molecule has 0 spiro atoms. The van der Waals surface area contributed by atoms with Gasteiger partial charge in [0, 0.05) is 5.92 Å². The van der Waals surface area contributed by atoms with E-state index in [1.807, 2.05) is 13.0 Å². The van der Waals surface area contributed by atoms with Crippen molar-refractivity contribution >= 4 is 6.29 Å². The van der Waals surface area contributed by atoms with Crippen LogP contribution in [0.4, 0.5) is 0 Å². The summed E-state index contributed by atoms with van der Waals surface area (Å²) in [5.74, 6) is 0.390. The summed E-state index contributed by atoms with van der Waals surface area (Å²) in [5, 5.41) is 0. The van der Waals surface area contributed by atoms with E-state index in [1.54, 1.807) is 6.08 Å². The van der Waals surface area contributed by atoms with Gasteiger partial charge in [-0.15, -0.1) is 13.2 Å². The Morgan fingerprint density at radius 3 is 2.30 bits per heavy atom. The van der Waals surface area contributed by atoms with Gasteiger partial charge in [0.2, 0.25) is 0 Å². The van der Waals surface area contributed by atoms with Gasteiger partial charge < -0.3 is 4.79 Å². The molecule has 0 aliphatic rings. The van der Waals surface area contributed by atoms with Gasteiger partial charge in [-0.3, -0.25) is 0 Å². The highest BCUT2D eigenvalue weighted by Crippen LogP contribution is 2.11. The van der Waals surface area contributed by atoms with Gasteiger partial charge in [0.1, 0.15) is 6.29 Å². The predicted molar refractivity (Wildman–Crippen MR) is 43.7 cm³/mol. The van der Waals surface area contributed by atoms with E-state index < -0.39 is 0 Å². The maximum absolute atomic E-state index is 10.3. The highest BCUT2D eigenvalue weighted by atomic mass is 16.1. The first kappa shape index (κ1) is 9.15. The fourth-order valence-electron chi connectivity index (χ4n) is 0.733. The molecule has 0 aliphatic carbocycles. The van der Waals surface area contributed by atoms with Crippen molar-refractivity contribution < 1.29 is 4.79 Å². The average Bonchev–Trinajstić information content (AvgIpc) is 1.99. The standard InChI is InChI=1S/C9H14O/c1-4-8(3)6-9(5-2)7-10/h4-5,7-9H,1-2,6H2,3H3. The van der Waals surface area contributed by atoms with Gasteiger partial charge in [-0.25, -0.2) is 0 Å². The van der Waals surface area contributed by atoms with Crippen molar-refractivity contribution in [2.24, 2.45) is 11.8 Å². The lowest BCUT2D eigenvalue weighted by molar-refractivity contribution is -0.110. The number of carbonyl (C=O) groups excluding carboxylic acids is 1. The normalized spacial score (nSPS) is 15.3. The third-order valence-electron chi connectivity index (χ3n) is 1.52. The van der Waals surface area contributed by atoms with Crippen LogP contribution in [0.15, 0.2) is 25.3 Å². The van der Waals surface area contributed by atoms with Crippen LogP contribution < -0.4 is 0 Å². The topological polar surface area (TPSA) is 17.1 Å². The first-order valence-corrected chi connectivity index (χ1v) is 3.45. The Morgan fingerprint density at radius 1 is 1.40 bits per heavy atom. The van der Waals surface area contributed by atoms with Crippen molar-refractivity contribution in [3.8, 4) is 0 Å². The number of allylic oxidation sites excluding steroid dienone is 2. The smallest absolute Gasteiger partial charge is 0.126 e. The molecule has 1 nitrogen and oxygen atoms in total. The quantitative estimate of drug-likeness (QED) is 0.420. The van der Waals surface area contributed by atoms with Crippen molar-refractivity contribution in [2.45, 2.75) is 13.3 Å². The van der Waals surface area contributed by atoms with Crippen LogP contribution in [-0.4, -0.2) is 6.29 Å². The van der Waals surface area contributed by atoms with E-state index in [0.717, 1.165) is 12.7 Å². The number of aldehydes is 1. The van der Waals surface area contributed by atoms with E-state index in [1.165, 1.54) is 0 Å². The second-order valence-electron chi connectivity index (χ2n) is 2.48. The average molecular weight is 138 g/mol. The van der Waals surface area contributed by atoms with E-state index in [2.05, 4.69) is 13.2 Å². The van der Waals surface area contributed by atoms with Gasteiger partial charge in [0.05, 0.1) is 0 Å². The fourth-order valence-corrected chi connectivity index (χ4v) is 0.733. The lowest BCUT2D eigenvalue weighted by Gasteiger charge is -2.07. The molecule has 0 radical (unpaired) electrons. The highest BCUT2D eigenvalue weighted by molar-refractivity contribution is 5.56. The van der Waals surface area contributed by atoms with Crippen molar-refractivity contribution in [3.05, 3.63) is 25.3 Å². The van der Waals surface area contributed by atoms with Gasteiger partial charge in [-0.2, -0.15) is 0 Å². The van der Waals surface area contributed by atoms with Crippen LogP contribution in [0.3, 0.4) is 0 Å². The number of hydrogen-bond donors (Lipinski definition) is 0. The molecule has 0 N–H and O–H groups in total. The zero-order chi connectivity index (χ0) is 7.98. The van der Waals surface area contributed by atoms with Crippen LogP contribution in [0, 0.1) is 11.8 Å². The monoisotopic (exact) mass is 138 g/mol. The lowest BCUT2D eigenvalue weighted by Crippen LogP contribution is -2.02. The van der Waals surface area contributed by atoms with Crippen LogP contribution in [0.5, 0.6) is 0 Å². The summed E-state index contributed by atoms with van der Waals surface area (Å²) in [6, 6.07) is 0. The Morgan fingerprint density at radius 2 is 2.00 bits per heavy atom. The van der Waals surface area contributed by atoms with E-state index in [-0.39, 0.29) is 5.92 Å². The van der Waals surface area contributed by atoms with Crippen LogP contribution in [0.1, 0.15) is 13.3 Å². The lowest BCUT2D eigenvalue weighted by atomic mass is 9.97. The summed E-state index contributed by atoms with van der Waals surface area (Å²) in [6.07, 6.45) is 5.27. The van der Waals surface area contributed by atoms with E-state index in [9.17, 15) is 4.79 Å². The zero-order valence-corrected chi connectivity index (χ0v) is 6.42. The molecule has 0 heterocycles. The van der Waals surface area contributed by atoms with Crippen LogP contribution >= 0.6 is 0 Å². The minimum Gasteiger partial charge on any atom is -0.303 e. The molecular weight excluding hydrogens is 124 g/mol. The summed E-state index contributed by atoms with van der Waals surface area (Å²) in [5.41, 5.74) is 0.